The molecule has 1 atom stereocenters. The maximum absolute atomic E-state index is 12.3. The van der Waals surface area contributed by atoms with Crippen LogP contribution < -0.4 is 10.6 Å². The molecule has 0 radical (unpaired) electrons. The lowest BCUT2D eigenvalue weighted by Crippen LogP contribution is -2.50. The topological polar surface area (TPSA) is 105 Å². The van der Waals surface area contributed by atoms with Gasteiger partial charge in [0.05, 0.1) is 4.90 Å². The molecule has 2 N–H and O–H groups in total. The zero-order valence-electron chi connectivity index (χ0n) is 13.4. The predicted octanol–water partition coefficient (Wildman–Crippen LogP) is 1.26. The number of carbonyl (C=O) groups is 2. The molecule has 0 saturated carbocycles. The third-order valence-corrected chi connectivity index (χ3v) is 5.57. The Morgan fingerprint density at radius 1 is 1.20 bits per heavy atom. The Balaban J connectivity index is 1.68. The van der Waals surface area contributed by atoms with Gasteiger partial charge in [0.1, 0.15) is 17.6 Å². The molecule has 1 aliphatic rings. The van der Waals surface area contributed by atoms with Crippen molar-refractivity contribution in [3.05, 3.63) is 54.0 Å². The molecule has 7 nitrogen and oxygen atoms in total. The van der Waals surface area contributed by atoms with Crippen molar-refractivity contribution < 1.29 is 22.4 Å². The van der Waals surface area contributed by atoms with Crippen LogP contribution in [0.4, 0.5) is 0 Å². The molecule has 2 aromatic rings. The molecule has 1 fully saturated rings. The summed E-state index contributed by atoms with van der Waals surface area (Å²) in [5.74, 6) is -0.948. The molecular weight excluding hydrogens is 344 g/mol. The first kappa shape index (κ1) is 17.2. The quantitative estimate of drug-likeness (QED) is 0.833. The molecule has 0 aliphatic carbocycles. The van der Waals surface area contributed by atoms with E-state index in [1.165, 1.54) is 24.3 Å². The Morgan fingerprint density at radius 2 is 1.96 bits per heavy atom. The second-order valence-corrected chi connectivity index (χ2v) is 7.79. The van der Waals surface area contributed by atoms with E-state index in [0.29, 0.717) is 13.0 Å². The van der Waals surface area contributed by atoms with Crippen molar-refractivity contribution in [3.8, 4) is 0 Å². The molecule has 25 heavy (non-hydrogen) atoms. The first-order chi connectivity index (χ1) is 12.0. The van der Waals surface area contributed by atoms with Gasteiger partial charge >= 0.3 is 0 Å². The summed E-state index contributed by atoms with van der Waals surface area (Å²) in [6.45, 7) is 0.605. The maximum Gasteiger partial charge on any atom is 0.287 e. The van der Waals surface area contributed by atoms with E-state index in [2.05, 4.69) is 10.6 Å². The van der Waals surface area contributed by atoms with Gasteiger partial charge in [-0.3, -0.25) is 9.59 Å². The minimum atomic E-state index is -3.55. The first-order valence-corrected chi connectivity index (χ1v) is 9.56. The van der Waals surface area contributed by atoms with E-state index in [-0.39, 0.29) is 28.1 Å². The van der Waals surface area contributed by atoms with Crippen LogP contribution in [0.2, 0.25) is 0 Å². The smallest absolute Gasteiger partial charge is 0.287 e. The number of hydrogen-bond donors (Lipinski definition) is 2. The Bertz CT molecular complexity index is 873. The Kier molecular flexibility index (Phi) is 4.89. The highest BCUT2D eigenvalue weighted by Crippen LogP contribution is 2.18. The van der Waals surface area contributed by atoms with E-state index < -0.39 is 21.8 Å². The van der Waals surface area contributed by atoms with Crippen LogP contribution in [0.5, 0.6) is 0 Å². The Morgan fingerprint density at radius 3 is 2.68 bits per heavy atom. The third kappa shape index (κ3) is 4.08. The van der Waals surface area contributed by atoms with Gasteiger partial charge in [-0.2, -0.15) is 0 Å². The molecule has 2 amide bonds. The van der Waals surface area contributed by atoms with Gasteiger partial charge in [-0.05, 0) is 37.1 Å². The fourth-order valence-corrected chi connectivity index (χ4v) is 3.88. The molecule has 2 heterocycles. The van der Waals surface area contributed by atoms with E-state index >= 15 is 0 Å². The number of furan rings is 1. The number of nitrogens with one attached hydrogen (secondary N) is 2. The van der Waals surface area contributed by atoms with Crippen LogP contribution in [-0.2, 0) is 20.4 Å². The van der Waals surface area contributed by atoms with Crippen molar-refractivity contribution in [1.82, 2.24) is 10.6 Å². The number of sulfone groups is 1. The molecule has 8 heteroatoms. The summed E-state index contributed by atoms with van der Waals surface area (Å²) in [5.41, 5.74) is 0. The average Bonchev–Trinajstić information content (AvgIpc) is 3.06. The van der Waals surface area contributed by atoms with Crippen LogP contribution in [0.25, 0.3) is 0 Å². The van der Waals surface area contributed by atoms with Gasteiger partial charge in [0.25, 0.3) is 5.91 Å². The van der Waals surface area contributed by atoms with E-state index in [1.807, 2.05) is 0 Å². The zero-order chi connectivity index (χ0) is 17.9. The van der Waals surface area contributed by atoms with Crippen LogP contribution >= 0.6 is 0 Å². The van der Waals surface area contributed by atoms with Crippen molar-refractivity contribution in [2.45, 2.75) is 29.5 Å². The third-order valence-electron chi connectivity index (χ3n) is 3.91. The van der Waals surface area contributed by atoms with Crippen LogP contribution in [0, 0.1) is 0 Å². The Labute approximate surface area is 145 Å². The molecule has 0 bridgehead atoms. The van der Waals surface area contributed by atoms with Crippen LogP contribution in [0.3, 0.4) is 0 Å². The normalized spacial score (nSPS) is 17.8. The minimum absolute atomic E-state index is 0.0170. The minimum Gasteiger partial charge on any atom is -0.455 e. The molecule has 3 rings (SSSR count). The lowest BCUT2D eigenvalue weighted by atomic mass is 10.1. The highest BCUT2D eigenvalue weighted by atomic mass is 32.2. The van der Waals surface area contributed by atoms with Crippen molar-refractivity contribution in [2.24, 2.45) is 0 Å². The van der Waals surface area contributed by atoms with Gasteiger partial charge in [0.15, 0.2) is 15.6 Å². The van der Waals surface area contributed by atoms with Crippen molar-refractivity contribution in [2.75, 3.05) is 6.54 Å². The van der Waals surface area contributed by atoms with E-state index in [1.54, 1.807) is 18.2 Å². The highest BCUT2D eigenvalue weighted by molar-refractivity contribution is 7.90. The fraction of sp³-hybridized carbons (Fsp3) is 0.294. The monoisotopic (exact) mass is 362 g/mol. The fourth-order valence-electron chi connectivity index (χ4n) is 2.62. The average molecular weight is 362 g/mol. The van der Waals surface area contributed by atoms with E-state index in [4.69, 9.17) is 4.42 Å². The molecule has 1 aromatic carbocycles. The number of piperidine rings is 1. The van der Waals surface area contributed by atoms with Crippen molar-refractivity contribution in [3.63, 3.8) is 0 Å². The lowest BCUT2D eigenvalue weighted by Gasteiger charge is -2.22. The molecule has 132 valence electrons. The van der Waals surface area contributed by atoms with Gasteiger partial charge in [-0.15, -0.1) is 0 Å². The van der Waals surface area contributed by atoms with Crippen LogP contribution in [0.1, 0.15) is 29.2 Å². The van der Waals surface area contributed by atoms with E-state index in [0.717, 1.165) is 6.42 Å². The predicted molar refractivity (Wildman–Crippen MR) is 89.5 cm³/mol. The maximum atomic E-state index is 12.3. The summed E-state index contributed by atoms with van der Waals surface area (Å²) in [7, 11) is -3.55. The highest BCUT2D eigenvalue weighted by Gasteiger charge is 2.25. The Hall–Kier alpha value is -2.61. The van der Waals surface area contributed by atoms with Gasteiger partial charge in [0, 0.05) is 6.54 Å². The first-order valence-electron chi connectivity index (χ1n) is 7.91. The molecule has 1 aliphatic heterocycles. The standard InChI is InChI=1S/C17H18N2O5S/c20-16-14(7-4-10-18-16)19-17(21)15-9-8-12(24-15)11-25(22,23)13-5-2-1-3-6-13/h1-3,5-6,8-9,14H,4,7,10-11H2,(H,18,20)(H,19,21). The molecule has 1 aromatic heterocycles. The van der Waals surface area contributed by atoms with Gasteiger partial charge in [0.2, 0.25) is 5.91 Å². The summed E-state index contributed by atoms with van der Waals surface area (Å²) in [6, 6.07) is 10.3. The van der Waals surface area contributed by atoms with Crippen molar-refractivity contribution >= 4 is 21.7 Å². The molecule has 1 unspecified atom stereocenters. The van der Waals surface area contributed by atoms with Crippen LogP contribution in [-0.4, -0.2) is 32.8 Å². The summed E-state index contributed by atoms with van der Waals surface area (Å²) in [5, 5.41) is 5.28. The number of benzene rings is 1. The summed E-state index contributed by atoms with van der Waals surface area (Å²) < 4.78 is 30.0. The summed E-state index contributed by atoms with van der Waals surface area (Å²) >= 11 is 0. The lowest BCUT2D eigenvalue weighted by molar-refractivity contribution is -0.124. The number of amides is 2. The largest absolute Gasteiger partial charge is 0.455 e. The molecule has 1 saturated heterocycles. The summed E-state index contributed by atoms with van der Waals surface area (Å²) in [4.78, 5) is 24.0. The number of hydrogen-bond acceptors (Lipinski definition) is 5. The molecular formula is C17H18N2O5S. The zero-order valence-corrected chi connectivity index (χ0v) is 14.2. The van der Waals surface area contributed by atoms with Crippen molar-refractivity contribution in [1.29, 1.82) is 0 Å². The second kappa shape index (κ2) is 7.10. The van der Waals surface area contributed by atoms with Gasteiger partial charge in [-0.25, -0.2) is 8.42 Å². The number of rotatable bonds is 5. The van der Waals surface area contributed by atoms with E-state index in [9.17, 15) is 18.0 Å². The number of carbonyl (C=O) groups excluding carboxylic acids is 2. The molecule has 0 spiro atoms. The summed E-state index contributed by atoms with van der Waals surface area (Å²) in [6.07, 6.45) is 1.35. The second-order valence-electron chi connectivity index (χ2n) is 5.80. The van der Waals surface area contributed by atoms with Crippen LogP contribution in [0.15, 0.2) is 51.8 Å². The SMILES string of the molecule is O=C(NC1CCCNC1=O)c1ccc(CS(=O)(=O)c2ccccc2)o1. The van der Waals surface area contributed by atoms with Gasteiger partial charge in [-0.1, -0.05) is 18.2 Å². The van der Waals surface area contributed by atoms with Gasteiger partial charge < -0.3 is 15.1 Å².